The van der Waals surface area contributed by atoms with E-state index in [1.807, 2.05) is 6.08 Å². The Morgan fingerprint density at radius 3 is 2.70 bits per heavy atom. The monoisotopic (exact) mass is 334 g/mol. The van der Waals surface area contributed by atoms with Gasteiger partial charge in [0, 0.05) is 11.2 Å². The summed E-state index contributed by atoms with van der Waals surface area (Å²) < 4.78 is -0.310. The lowest BCUT2D eigenvalue weighted by molar-refractivity contribution is -0.143. The molecule has 0 amide bonds. The van der Waals surface area contributed by atoms with Crippen molar-refractivity contribution in [3.63, 3.8) is 0 Å². The van der Waals surface area contributed by atoms with E-state index in [1.54, 1.807) is 0 Å². The third-order valence-corrected chi connectivity index (χ3v) is 8.59. The Morgan fingerprint density at radius 2 is 1.96 bits per heavy atom. The highest BCUT2D eigenvalue weighted by Crippen LogP contribution is 2.65. The van der Waals surface area contributed by atoms with E-state index in [0.29, 0.717) is 30.0 Å². The Balaban J connectivity index is 1.67. The number of aliphatic carboxylic acids is 1. The normalized spacial score (nSPS) is 49.0. The molecule has 4 aliphatic rings. The standard InChI is InChI=1S/C19H26O3S/c1-18-8-6-12(20)10-11(18)2-3-13-14(18)7-9-19(23)15(13)4-5-16(19)17(21)22/h10,13-16,23H,2-9H2,1H3,(H,21,22). The van der Waals surface area contributed by atoms with Crippen molar-refractivity contribution in [2.45, 2.75) is 63.0 Å². The molecule has 0 aromatic carbocycles. The quantitative estimate of drug-likeness (QED) is 0.716. The van der Waals surface area contributed by atoms with Gasteiger partial charge in [-0.3, -0.25) is 9.59 Å². The minimum absolute atomic E-state index is 0.160. The fraction of sp³-hybridized carbons (Fsp3) is 0.789. The summed E-state index contributed by atoms with van der Waals surface area (Å²) in [4.78, 5) is 23.5. The summed E-state index contributed by atoms with van der Waals surface area (Å²) in [5.41, 5.74) is 1.53. The molecule has 1 N–H and O–H groups in total. The van der Waals surface area contributed by atoms with Crippen molar-refractivity contribution in [3.8, 4) is 0 Å². The Kier molecular flexibility index (Phi) is 3.50. The number of hydrogen-bond donors (Lipinski definition) is 2. The number of thiol groups is 1. The van der Waals surface area contributed by atoms with Crippen LogP contribution in [0.4, 0.5) is 0 Å². The lowest BCUT2D eigenvalue weighted by atomic mass is 9.49. The van der Waals surface area contributed by atoms with E-state index in [1.165, 1.54) is 5.57 Å². The van der Waals surface area contributed by atoms with Gasteiger partial charge >= 0.3 is 5.97 Å². The molecule has 3 fully saturated rings. The van der Waals surface area contributed by atoms with Crippen molar-refractivity contribution in [3.05, 3.63) is 11.6 Å². The van der Waals surface area contributed by atoms with Crippen LogP contribution >= 0.6 is 12.6 Å². The summed E-state index contributed by atoms with van der Waals surface area (Å²) in [6, 6.07) is 0. The maximum absolute atomic E-state index is 11.8. The molecule has 126 valence electrons. The van der Waals surface area contributed by atoms with E-state index in [-0.39, 0.29) is 16.1 Å². The highest BCUT2D eigenvalue weighted by atomic mass is 32.1. The average Bonchev–Trinajstić information content (AvgIpc) is 2.85. The largest absolute Gasteiger partial charge is 0.481 e. The van der Waals surface area contributed by atoms with Gasteiger partial charge in [-0.15, -0.1) is 0 Å². The molecule has 0 aliphatic heterocycles. The Labute approximate surface area is 143 Å². The lowest BCUT2D eigenvalue weighted by Crippen LogP contribution is -2.53. The van der Waals surface area contributed by atoms with Crippen molar-refractivity contribution in [2.24, 2.45) is 29.1 Å². The first-order valence-corrected chi connectivity index (χ1v) is 9.50. The SMILES string of the molecule is CC12CCC(=O)C=C1CCC1C2CCC2(S)C(C(=O)O)CCC12. The number of hydrogen-bond acceptors (Lipinski definition) is 3. The third-order valence-electron chi connectivity index (χ3n) is 7.72. The fourth-order valence-corrected chi connectivity index (χ4v) is 7.23. The van der Waals surface area contributed by atoms with Gasteiger partial charge in [0.2, 0.25) is 0 Å². The Morgan fingerprint density at radius 1 is 1.17 bits per heavy atom. The van der Waals surface area contributed by atoms with Crippen LogP contribution in [0.25, 0.3) is 0 Å². The van der Waals surface area contributed by atoms with Gasteiger partial charge in [0.1, 0.15) is 0 Å². The van der Waals surface area contributed by atoms with Gasteiger partial charge in [0.05, 0.1) is 5.92 Å². The first kappa shape index (κ1) is 15.7. The number of fused-ring (bicyclic) bond motifs is 5. The number of carbonyl (C=O) groups is 2. The molecular weight excluding hydrogens is 308 g/mol. The summed E-state index contributed by atoms with van der Waals surface area (Å²) in [5.74, 6) is 0.972. The zero-order valence-corrected chi connectivity index (χ0v) is 14.6. The van der Waals surface area contributed by atoms with E-state index < -0.39 is 5.97 Å². The Hall–Kier alpha value is -0.770. The predicted molar refractivity (Wildman–Crippen MR) is 91.4 cm³/mol. The van der Waals surface area contributed by atoms with E-state index in [0.717, 1.165) is 44.9 Å². The second-order valence-corrected chi connectivity index (χ2v) is 9.30. The molecule has 0 radical (unpaired) electrons. The van der Waals surface area contributed by atoms with Crippen LogP contribution in [0.15, 0.2) is 11.6 Å². The van der Waals surface area contributed by atoms with Crippen LogP contribution in [0.1, 0.15) is 58.3 Å². The number of rotatable bonds is 1. The third kappa shape index (κ3) is 2.09. The second-order valence-electron chi connectivity index (χ2n) is 8.47. The van der Waals surface area contributed by atoms with E-state index in [9.17, 15) is 14.7 Å². The second kappa shape index (κ2) is 5.11. The Bertz CT molecular complexity index is 597. The van der Waals surface area contributed by atoms with Crippen molar-refractivity contribution in [1.29, 1.82) is 0 Å². The van der Waals surface area contributed by atoms with Crippen LogP contribution in [0, 0.1) is 29.1 Å². The number of carboxylic acids is 1. The first-order chi connectivity index (χ1) is 10.9. The highest BCUT2D eigenvalue weighted by Gasteiger charge is 2.61. The van der Waals surface area contributed by atoms with Crippen LogP contribution < -0.4 is 0 Å². The van der Waals surface area contributed by atoms with Crippen molar-refractivity contribution in [2.75, 3.05) is 0 Å². The van der Waals surface area contributed by atoms with Gasteiger partial charge in [-0.05, 0) is 74.2 Å². The first-order valence-electron chi connectivity index (χ1n) is 9.05. The molecule has 4 heteroatoms. The molecule has 3 saturated carbocycles. The molecule has 0 spiro atoms. The molecule has 0 aromatic rings. The predicted octanol–water partition coefficient (Wildman–Crippen LogP) is 3.88. The smallest absolute Gasteiger partial charge is 0.307 e. The highest BCUT2D eigenvalue weighted by molar-refractivity contribution is 7.81. The molecule has 6 unspecified atom stereocenters. The van der Waals surface area contributed by atoms with Gasteiger partial charge < -0.3 is 5.11 Å². The number of allylic oxidation sites excluding steroid dienone is 1. The van der Waals surface area contributed by atoms with Gasteiger partial charge in [-0.1, -0.05) is 12.5 Å². The summed E-state index contributed by atoms with van der Waals surface area (Å²) in [6.07, 6.45) is 9.48. The maximum Gasteiger partial charge on any atom is 0.307 e. The van der Waals surface area contributed by atoms with Crippen LogP contribution in [-0.4, -0.2) is 21.6 Å². The lowest BCUT2D eigenvalue weighted by Gasteiger charge is -2.57. The molecule has 0 aromatic heterocycles. The molecule has 6 atom stereocenters. The van der Waals surface area contributed by atoms with E-state index >= 15 is 0 Å². The fourth-order valence-electron chi connectivity index (χ4n) is 6.54. The summed E-state index contributed by atoms with van der Waals surface area (Å²) in [6.45, 7) is 2.36. The topological polar surface area (TPSA) is 54.4 Å². The zero-order chi connectivity index (χ0) is 16.4. The van der Waals surface area contributed by atoms with Gasteiger partial charge in [0.25, 0.3) is 0 Å². The van der Waals surface area contributed by atoms with Crippen molar-refractivity contribution in [1.82, 2.24) is 0 Å². The van der Waals surface area contributed by atoms with Crippen LogP contribution in [0.5, 0.6) is 0 Å². The molecule has 4 rings (SSSR count). The minimum atomic E-state index is -0.660. The number of carboxylic acid groups (broad SMARTS) is 1. The van der Waals surface area contributed by atoms with Gasteiger partial charge in [-0.2, -0.15) is 12.6 Å². The summed E-state index contributed by atoms with van der Waals surface area (Å²) in [7, 11) is 0. The van der Waals surface area contributed by atoms with Crippen LogP contribution in [0.2, 0.25) is 0 Å². The number of carbonyl (C=O) groups excluding carboxylic acids is 1. The van der Waals surface area contributed by atoms with Gasteiger partial charge in [-0.25, -0.2) is 0 Å². The maximum atomic E-state index is 11.8. The molecular formula is C19H26O3S. The summed E-state index contributed by atoms with van der Waals surface area (Å²) in [5, 5.41) is 9.59. The van der Waals surface area contributed by atoms with Crippen LogP contribution in [0.3, 0.4) is 0 Å². The molecule has 3 nitrogen and oxygen atoms in total. The number of ketones is 1. The van der Waals surface area contributed by atoms with Gasteiger partial charge in [0.15, 0.2) is 5.78 Å². The molecule has 23 heavy (non-hydrogen) atoms. The van der Waals surface area contributed by atoms with E-state index in [2.05, 4.69) is 6.92 Å². The average molecular weight is 334 g/mol. The molecule has 0 bridgehead atoms. The zero-order valence-electron chi connectivity index (χ0n) is 13.8. The minimum Gasteiger partial charge on any atom is -0.481 e. The van der Waals surface area contributed by atoms with E-state index in [4.69, 9.17) is 12.6 Å². The molecule has 0 heterocycles. The van der Waals surface area contributed by atoms with Crippen LogP contribution in [-0.2, 0) is 9.59 Å². The van der Waals surface area contributed by atoms with Crippen molar-refractivity contribution >= 4 is 24.4 Å². The summed E-state index contributed by atoms with van der Waals surface area (Å²) >= 11 is 4.97. The van der Waals surface area contributed by atoms with Crippen molar-refractivity contribution < 1.29 is 14.7 Å². The molecule has 0 saturated heterocycles. The molecule has 4 aliphatic carbocycles.